The average molecular weight is 974 g/mol. The van der Waals surface area contributed by atoms with Gasteiger partial charge in [0.2, 0.25) is 0 Å². The Labute approximate surface area is 451 Å². The molecule has 8 nitrogen and oxygen atoms in total. The van der Waals surface area contributed by atoms with Crippen molar-refractivity contribution in [3.8, 4) is 0 Å². The minimum Gasteiger partial charge on any atom is -0.687 e. The van der Waals surface area contributed by atoms with E-state index in [0.29, 0.717) is 47.3 Å². The summed E-state index contributed by atoms with van der Waals surface area (Å²) in [6.45, 7) is 25.3. The second kappa shape index (κ2) is 48.9. The second-order valence-corrected chi connectivity index (χ2v) is 21.4. The normalized spacial score (nSPS) is 28.8. The van der Waals surface area contributed by atoms with Gasteiger partial charge in [-0.1, -0.05) is 177 Å². The minimum absolute atomic E-state index is 0. The van der Waals surface area contributed by atoms with Crippen molar-refractivity contribution < 1.29 is 74.9 Å². The van der Waals surface area contributed by atoms with Gasteiger partial charge in [0.05, 0.1) is 24.4 Å². The summed E-state index contributed by atoms with van der Waals surface area (Å²) < 4.78 is 0. The number of aliphatic hydroxyl groups excluding tert-OH is 4. The van der Waals surface area contributed by atoms with E-state index >= 15 is 0 Å². The van der Waals surface area contributed by atoms with Crippen LogP contribution in [0.15, 0.2) is 24.4 Å². The zero-order valence-electron chi connectivity index (χ0n) is 45.8. The summed E-state index contributed by atoms with van der Waals surface area (Å²) in [6, 6.07) is 0. The van der Waals surface area contributed by atoms with Crippen molar-refractivity contribution in [3.05, 3.63) is 45.7 Å². The number of piperidine rings is 3. The van der Waals surface area contributed by atoms with Crippen LogP contribution in [0.2, 0.25) is 0 Å². The van der Waals surface area contributed by atoms with Gasteiger partial charge < -0.3 is 41.7 Å². The predicted molar refractivity (Wildman–Crippen MR) is 279 cm³/mol. The molecule has 7 fully saturated rings. The molecule has 8 unspecified atom stereocenters. The van der Waals surface area contributed by atoms with Crippen molar-refractivity contribution in [2.24, 2.45) is 47.3 Å². The summed E-state index contributed by atoms with van der Waals surface area (Å²) in [6.07, 6.45) is 39.2. The first kappa shape index (κ1) is 72.0. The van der Waals surface area contributed by atoms with Crippen molar-refractivity contribution in [2.45, 2.75) is 240 Å². The van der Waals surface area contributed by atoms with E-state index in [-0.39, 0.29) is 78.9 Å². The van der Waals surface area contributed by atoms with E-state index < -0.39 is 0 Å². The number of hydrogen-bond donors (Lipinski definition) is 4. The van der Waals surface area contributed by atoms with Crippen molar-refractivity contribution in [1.82, 2.24) is 0 Å². The Morgan fingerprint density at radius 2 is 0.582 bits per heavy atom. The summed E-state index contributed by atoms with van der Waals surface area (Å²) in [4.78, 5) is 0. The monoisotopic (exact) mass is 974 g/mol. The zero-order chi connectivity index (χ0) is 47.2. The van der Waals surface area contributed by atoms with Crippen molar-refractivity contribution in [2.75, 3.05) is 45.8 Å². The van der Waals surface area contributed by atoms with Crippen LogP contribution in [0.5, 0.6) is 0 Å². The van der Waals surface area contributed by atoms with Crippen LogP contribution >= 0.6 is 0 Å². The summed E-state index contributed by atoms with van der Waals surface area (Å²) in [5.41, 5.74) is 0. The fourth-order valence-corrected chi connectivity index (χ4v) is 10.2. The molecule has 0 amide bonds. The minimum atomic E-state index is -0.00579. The molecular weight excluding hydrogens is 865 g/mol. The molecule has 0 aromatic carbocycles. The van der Waals surface area contributed by atoms with Crippen LogP contribution in [0, 0.1) is 47.3 Å². The maximum absolute atomic E-state index is 9.54. The van der Waals surface area contributed by atoms with E-state index in [0.717, 1.165) is 71.5 Å². The van der Waals surface area contributed by atoms with Crippen molar-refractivity contribution in [3.63, 3.8) is 0 Å². The smallest absolute Gasteiger partial charge is 0.687 e. The maximum atomic E-state index is 9.54. The molecule has 4 aliphatic heterocycles. The van der Waals surface area contributed by atoms with E-state index in [1.165, 1.54) is 135 Å². The number of rotatable bonds is 4. The van der Waals surface area contributed by atoms with Gasteiger partial charge in [-0.3, -0.25) is 0 Å². The maximum Gasteiger partial charge on any atom is 1.00 e. The van der Waals surface area contributed by atoms with Crippen LogP contribution in [-0.2, 0) is 16.8 Å². The molecule has 8 rings (SSSR count). The number of allylic oxidation sites excluding steroid dienone is 2. The number of nitrogens with zero attached hydrogens (tertiary/aromatic N) is 4. The first-order valence-electron chi connectivity index (χ1n) is 27.5. The van der Waals surface area contributed by atoms with Gasteiger partial charge in [0.15, 0.2) is 0 Å². The van der Waals surface area contributed by atoms with Gasteiger partial charge in [0, 0.05) is 16.8 Å². The van der Waals surface area contributed by atoms with E-state index in [2.05, 4.69) is 76.7 Å². The van der Waals surface area contributed by atoms with E-state index in [1.54, 1.807) is 6.20 Å². The fraction of sp³-hybridized carbons (Fsp3) is 0.929. The Morgan fingerprint density at radius 3 is 0.672 bits per heavy atom. The van der Waals surface area contributed by atoms with Crippen LogP contribution in [0.25, 0.3) is 21.3 Å². The molecule has 3 saturated heterocycles. The molecule has 8 atom stereocenters. The standard InChI is InChI=1S/4C9H18O.3C5H10N.C5H6N.Co.2Li/c4*1-7(2)8-5-3-4-6-9(8)10;4*1-2-4-6-5-3-1;;;/h4*7-10H,3-6H2,1-2H3;3*1-5H2;1-4H,5H2;;;/q;;;;4*-1;;2*+1. The van der Waals surface area contributed by atoms with Crippen LogP contribution in [0.1, 0.15) is 216 Å². The molecule has 0 spiro atoms. The van der Waals surface area contributed by atoms with E-state index in [9.17, 15) is 20.4 Å². The van der Waals surface area contributed by atoms with Crippen molar-refractivity contribution in [1.29, 1.82) is 0 Å². The fourth-order valence-electron chi connectivity index (χ4n) is 10.2. The third-order valence-corrected chi connectivity index (χ3v) is 14.6. The van der Waals surface area contributed by atoms with Gasteiger partial charge in [0.25, 0.3) is 0 Å². The summed E-state index contributed by atoms with van der Waals surface area (Å²) in [5.74, 6) is 4.96. The van der Waals surface area contributed by atoms with Gasteiger partial charge >= 0.3 is 37.7 Å². The predicted octanol–water partition coefficient (Wildman–Crippen LogP) is 8.86. The Hall–Kier alpha value is 0.701. The van der Waals surface area contributed by atoms with Gasteiger partial charge in [-0.25, -0.2) is 0 Å². The number of hydrogen-bond acceptors (Lipinski definition) is 4. The van der Waals surface area contributed by atoms with Crippen LogP contribution in [0.3, 0.4) is 0 Å². The zero-order valence-corrected chi connectivity index (χ0v) is 46.8. The number of aliphatic hydroxyl groups is 4. The topological polar surface area (TPSA) is 137 Å². The van der Waals surface area contributed by atoms with E-state index in [4.69, 9.17) is 0 Å². The summed E-state index contributed by atoms with van der Waals surface area (Å²) in [5, 5.41) is 54.6. The molecule has 67 heavy (non-hydrogen) atoms. The first-order chi connectivity index (χ1) is 30.9. The molecular formula is C56H108CoLi2N4O4-2. The Kier molecular flexibility index (Phi) is 52.6. The third-order valence-electron chi connectivity index (χ3n) is 14.6. The van der Waals surface area contributed by atoms with Gasteiger partial charge in [-0.15, -0.1) is 51.9 Å². The van der Waals surface area contributed by atoms with Crippen LogP contribution in [0.4, 0.5) is 0 Å². The second-order valence-electron chi connectivity index (χ2n) is 21.4. The molecule has 1 radical (unpaired) electrons. The first-order valence-corrected chi connectivity index (χ1v) is 27.5. The molecule has 389 valence electrons. The molecule has 0 aromatic heterocycles. The van der Waals surface area contributed by atoms with Gasteiger partial charge in [0.1, 0.15) is 0 Å². The molecule has 4 saturated carbocycles. The molecule has 11 heteroatoms. The summed E-state index contributed by atoms with van der Waals surface area (Å²) in [7, 11) is 0. The average Bonchev–Trinajstić information content (AvgIpc) is 3.33. The molecule has 8 aliphatic rings. The molecule has 4 heterocycles. The van der Waals surface area contributed by atoms with Gasteiger partial charge in [-0.05, 0) is 98.7 Å². The van der Waals surface area contributed by atoms with Crippen LogP contribution < -0.4 is 37.7 Å². The SMILES string of the molecule is C1=CC[N-]C=C1.C1CC[N-]CC1.C1CC[N-]CC1.C1CC[N-]CC1.CC(C)C1CCCCC1O.CC(C)C1CCCCC1O.CC(C)C1CCCCC1O.CC(C)C1CCCCC1O.[Co].[Li+].[Li+]. The third kappa shape index (κ3) is 38.9. The molecule has 4 aliphatic carbocycles. The van der Waals surface area contributed by atoms with Gasteiger partial charge in [-0.2, -0.15) is 6.20 Å². The Balaban J connectivity index is -0.000000701. The quantitative estimate of drug-likeness (QED) is 0.209. The Bertz CT molecular complexity index is 899. The summed E-state index contributed by atoms with van der Waals surface area (Å²) >= 11 is 0. The molecule has 0 aromatic rings. The van der Waals surface area contributed by atoms with Crippen molar-refractivity contribution >= 4 is 0 Å². The molecule has 4 N–H and O–H groups in total. The Morgan fingerprint density at radius 1 is 0.343 bits per heavy atom. The van der Waals surface area contributed by atoms with Crippen LogP contribution in [-0.4, -0.2) is 90.7 Å². The molecule has 0 bridgehead atoms. The largest absolute Gasteiger partial charge is 1.00 e. The van der Waals surface area contributed by atoms with E-state index in [1.807, 2.05) is 18.2 Å².